The number of nitrogens with one attached hydrogen (secondary N) is 1. The van der Waals surface area contributed by atoms with E-state index in [0.717, 1.165) is 167 Å². The molecule has 10 heteroatoms. The molecular formula is C75H128N2O7P+. The zero-order chi connectivity index (χ0) is 62.1. The number of carbonyl (C=O) groups excluding carboxylic acids is 2. The maximum absolute atomic E-state index is 13.6. The molecule has 0 saturated heterocycles. The molecule has 0 aromatic rings. The number of carbonyl (C=O) groups is 2. The van der Waals surface area contributed by atoms with Gasteiger partial charge in [-0.2, -0.15) is 0 Å². The van der Waals surface area contributed by atoms with Gasteiger partial charge >= 0.3 is 13.8 Å². The SMILES string of the molecule is CC/C=C\C/C=C\C/C=C\C/C=C\C/C=C\C/C=C\CCCCCCCCC(=O)NC(COP(=O)(O)OCC[N+](C)(C)C)C(/C=C\CCCCCCCCCCCCC)OC(=O)CCCCCCC/C=C\C/C=C\C/C=C\C/C=C\C/C=C\CC. The van der Waals surface area contributed by atoms with Crippen molar-refractivity contribution in [1.29, 1.82) is 0 Å². The fraction of sp³-hybridized carbons (Fsp3) is 0.653. The van der Waals surface area contributed by atoms with Crippen molar-refractivity contribution in [3.05, 3.63) is 146 Å². The molecule has 0 radical (unpaired) electrons. The number of unbranched alkanes of at least 4 members (excludes halogenated alkanes) is 22. The Morgan fingerprint density at radius 2 is 0.753 bits per heavy atom. The van der Waals surface area contributed by atoms with Crippen molar-refractivity contribution in [2.45, 2.75) is 277 Å². The van der Waals surface area contributed by atoms with Gasteiger partial charge < -0.3 is 19.4 Å². The van der Waals surface area contributed by atoms with Crippen LogP contribution in [0, 0.1) is 0 Å². The minimum atomic E-state index is -4.47. The first-order valence-corrected chi connectivity index (χ1v) is 35.7. The van der Waals surface area contributed by atoms with E-state index in [2.05, 4.69) is 160 Å². The van der Waals surface area contributed by atoms with Gasteiger partial charge in [-0.15, -0.1) is 0 Å². The molecule has 484 valence electrons. The van der Waals surface area contributed by atoms with Crippen LogP contribution in [0.1, 0.15) is 265 Å². The third kappa shape index (κ3) is 64.2. The number of rotatable bonds is 60. The first kappa shape index (κ1) is 80.9. The highest BCUT2D eigenvalue weighted by atomic mass is 31.2. The molecule has 0 heterocycles. The lowest BCUT2D eigenvalue weighted by Gasteiger charge is -2.27. The summed E-state index contributed by atoms with van der Waals surface area (Å²) >= 11 is 0. The Morgan fingerprint density at radius 3 is 1.13 bits per heavy atom. The lowest BCUT2D eigenvalue weighted by atomic mass is 10.0. The van der Waals surface area contributed by atoms with Crippen molar-refractivity contribution in [2.24, 2.45) is 0 Å². The second-order valence-corrected chi connectivity index (χ2v) is 25.0. The second kappa shape index (κ2) is 62.9. The molecule has 1 amide bonds. The predicted octanol–water partition coefficient (Wildman–Crippen LogP) is 21.8. The van der Waals surface area contributed by atoms with Crippen molar-refractivity contribution >= 4 is 19.7 Å². The van der Waals surface area contributed by atoms with Gasteiger partial charge in [-0.05, 0) is 128 Å². The van der Waals surface area contributed by atoms with E-state index in [1.54, 1.807) is 0 Å². The molecule has 85 heavy (non-hydrogen) atoms. The smallest absolute Gasteiger partial charge is 0.456 e. The molecule has 3 unspecified atom stereocenters. The van der Waals surface area contributed by atoms with Gasteiger partial charge in [0, 0.05) is 12.8 Å². The van der Waals surface area contributed by atoms with Crippen LogP contribution in [-0.4, -0.2) is 74.3 Å². The number of allylic oxidation sites excluding steroid dienone is 23. The Labute approximate surface area is 523 Å². The molecule has 9 nitrogen and oxygen atoms in total. The van der Waals surface area contributed by atoms with Crippen molar-refractivity contribution in [3.63, 3.8) is 0 Å². The van der Waals surface area contributed by atoms with Crippen LogP contribution >= 0.6 is 7.82 Å². The number of hydrogen-bond acceptors (Lipinski definition) is 6. The Hall–Kier alpha value is -4.11. The first-order valence-electron chi connectivity index (χ1n) is 34.2. The van der Waals surface area contributed by atoms with E-state index in [1.807, 2.05) is 33.3 Å². The number of ether oxygens (including phenoxy) is 1. The van der Waals surface area contributed by atoms with E-state index in [9.17, 15) is 19.0 Å². The monoisotopic (exact) mass is 1200 g/mol. The summed E-state index contributed by atoms with van der Waals surface area (Å²) in [5, 5.41) is 3.05. The number of nitrogens with zero attached hydrogens (tertiary/aromatic N) is 1. The van der Waals surface area contributed by atoms with E-state index >= 15 is 0 Å². The van der Waals surface area contributed by atoms with Crippen molar-refractivity contribution in [1.82, 2.24) is 5.32 Å². The van der Waals surface area contributed by atoms with Gasteiger partial charge in [0.2, 0.25) is 5.91 Å². The van der Waals surface area contributed by atoms with Gasteiger partial charge in [0.15, 0.2) is 0 Å². The molecular weight excluding hydrogens is 1070 g/mol. The van der Waals surface area contributed by atoms with Crippen molar-refractivity contribution in [2.75, 3.05) is 40.9 Å². The van der Waals surface area contributed by atoms with Crippen LogP contribution in [0.5, 0.6) is 0 Å². The van der Waals surface area contributed by atoms with Crippen LogP contribution in [0.4, 0.5) is 0 Å². The largest absolute Gasteiger partial charge is 0.472 e. The molecule has 0 fully saturated rings. The normalized spacial score (nSPS) is 14.5. The van der Waals surface area contributed by atoms with Gasteiger partial charge in [-0.25, -0.2) is 4.57 Å². The van der Waals surface area contributed by atoms with Gasteiger partial charge in [-0.1, -0.05) is 270 Å². The molecule has 3 atom stereocenters. The molecule has 0 saturated carbocycles. The quantitative estimate of drug-likeness (QED) is 0.0205. The molecule has 0 aliphatic carbocycles. The van der Waals surface area contributed by atoms with Gasteiger partial charge in [-0.3, -0.25) is 18.6 Å². The molecule has 0 aromatic heterocycles. The Morgan fingerprint density at radius 1 is 0.424 bits per heavy atom. The van der Waals surface area contributed by atoms with Crippen LogP contribution in [0.15, 0.2) is 146 Å². The topological polar surface area (TPSA) is 111 Å². The van der Waals surface area contributed by atoms with Crippen LogP contribution in [0.3, 0.4) is 0 Å². The lowest BCUT2D eigenvalue weighted by molar-refractivity contribution is -0.870. The zero-order valence-corrected chi connectivity index (χ0v) is 56.2. The van der Waals surface area contributed by atoms with Crippen LogP contribution < -0.4 is 5.32 Å². The summed E-state index contributed by atoms with van der Waals surface area (Å²) in [5.74, 6) is -0.552. The minimum Gasteiger partial charge on any atom is -0.456 e. The van der Waals surface area contributed by atoms with Crippen molar-refractivity contribution in [3.8, 4) is 0 Å². The highest BCUT2D eigenvalue weighted by Crippen LogP contribution is 2.43. The maximum Gasteiger partial charge on any atom is 0.472 e. The van der Waals surface area contributed by atoms with Gasteiger partial charge in [0.25, 0.3) is 0 Å². The minimum absolute atomic E-state index is 0.0253. The number of amides is 1. The summed E-state index contributed by atoms with van der Waals surface area (Å²) in [5.41, 5.74) is 0. The van der Waals surface area contributed by atoms with Gasteiger partial charge in [0.1, 0.15) is 19.3 Å². The summed E-state index contributed by atoms with van der Waals surface area (Å²) < 4.78 is 30.8. The highest BCUT2D eigenvalue weighted by Gasteiger charge is 2.30. The number of quaternary nitrogens is 1. The van der Waals surface area contributed by atoms with Crippen LogP contribution in [0.25, 0.3) is 0 Å². The molecule has 0 aliphatic rings. The summed E-state index contributed by atoms with van der Waals surface area (Å²) in [6.45, 7) is 6.75. The highest BCUT2D eigenvalue weighted by molar-refractivity contribution is 7.47. The Balaban J connectivity index is 5.26. The number of phosphoric ester groups is 1. The summed E-state index contributed by atoms with van der Waals surface area (Å²) in [6, 6.07) is -0.877. The standard InChI is InChI=1S/C75H127N2O7P/c1-7-10-13-16-19-22-25-28-30-32-34-36-37-38-39-41-42-44-46-49-52-55-58-61-64-67-74(78)76-72(71-83-85(80,81)82-70-69-77(4,5)6)73(66-63-60-57-54-51-48-27-24-21-18-15-12-9-3)84-75(79)68-65-62-59-56-53-50-47-45-43-40-35-33-31-29-26-23-20-17-14-11-8-2/h10-11,13-14,19-20,22-23,28-31,34-36,38-40,42,44-45,47,63,66,72-73H,7-9,12,15-18,21,24-27,32-33,37,41,43,46,48-62,64-65,67-71H2,1-6H3,(H-,76,78,80,81)/p+1/b13-10-,14-11-,22-19-,23-20-,30-28-,31-29-,36-34-,39-38-,40-35-,44-42-,47-45-,66-63-. The number of hydrogen-bond donors (Lipinski definition) is 2. The Kier molecular flexibility index (Phi) is 59.9. The van der Waals surface area contributed by atoms with E-state index in [4.69, 9.17) is 13.8 Å². The first-order chi connectivity index (χ1) is 41.4. The van der Waals surface area contributed by atoms with Crippen LogP contribution in [0.2, 0.25) is 0 Å². The summed E-state index contributed by atoms with van der Waals surface area (Å²) in [7, 11) is 1.45. The number of phosphoric acid groups is 1. The Bertz CT molecular complexity index is 1960. The van der Waals surface area contributed by atoms with Gasteiger partial charge in [0.05, 0.1) is 33.8 Å². The lowest BCUT2D eigenvalue weighted by Crippen LogP contribution is -2.47. The van der Waals surface area contributed by atoms with E-state index < -0.39 is 20.0 Å². The number of likely N-dealkylation sites (N-methyl/N-ethyl adjacent to an activating group) is 1. The molecule has 0 aliphatic heterocycles. The van der Waals surface area contributed by atoms with E-state index in [-0.39, 0.29) is 31.5 Å². The third-order valence-corrected chi connectivity index (χ3v) is 15.3. The third-order valence-electron chi connectivity index (χ3n) is 14.3. The van der Waals surface area contributed by atoms with E-state index in [1.165, 1.54) is 57.8 Å². The van der Waals surface area contributed by atoms with E-state index in [0.29, 0.717) is 23.9 Å². The fourth-order valence-corrected chi connectivity index (χ4v) is 9.82. The average Bonchev–Trinajstić information content (AvgIpc) is 3.64. The molecule has 0 aromatic carbocycles. The number of esters is 1. The fourth-order valence-electron chi connectivity index (χ4n) is 9.09. The molecule has 0 rings (SSSR count). The molecule has 2 N–H and O–H groups in total. The summed E-state index contributed by atoms with van der Waals surface area (Å²) in [4.78, 5) is 37.9. The van der Waals surface area contributed by atoms with Crippen molar-refractivity contribution < 1.29 is 37.3 Å². The maximum atomic E-state index is 13.6. The zero-order valence-electron chi connectivity index (χ0n) is 55.3. The summed E-state index contributed by atoms with van der Waals surface area (Å²) in [6.07, 6.45) is 91.3. The molecule has 0 bridgehead atoms. The molecule has 0 spiro atoms. The average molecular weight is 1200 g/mol. The predicted molar refractivity (Wildman–Crippen MR) is 369 cm³/mol. The van der Waals surface area contributed by atoms with Crippen LogP contribution in [-0.2, 0) is 27.9 Å². The second-order valence-electron chi connectivity index (χ2n) is 23.6.